The zero-order chi connectivity index (χ0) is 19.4. The van der Waals surface area contributed by atoms with Crippen molar-refractivity contribution < 1.29 is 18.8 Å². The van der Waals surface area contributed by atoms with Gasteiger partial charge in [-0.15, -0.1) is 0 Å². The summed E-state index contributed by atoms with van der Waals surface area (Å²) in [5, 5.41) is 14.1. The summed E-state index contributed by atoms with van der Waals surface area (Å²) in [6, 6.07) is 4.70. The second kappa shape index (κ2) is 8.80. The molecule has 27 heavy (non-hydrogen) atoms. The minimum atomic E-state index is -0.314. The van der Waals surface area contributed by atoms with E-state index in [0.29, 0.717) is 18.0 Å². The summed E-state index contributed by atoms with van der Waals surface area (Å²) in [6.07, 6.45) is 2.11. The van der Waals surface area contributed by atoms with Crippen molar-refractivity contribution in [3.05, 3.63) is 29.7 Å². The van der Waals surface area contributed by atoms with E-state index >= 15 is 0 Å². The molecule has 1 saturated heterocycles. The van der Waals surface area contributed by atoms with E-state index in [-0.39, 0.29) is 30.8 Å². The number of aliphatic hydroxyl groups is 1. The molecule has 0 unspecified atom stereocenters. The molecule has 1 amide bonds. The van der Waals surface area contributed by atoms with Crippen LogP contribution in [0.5, 0.6) is 0 Å². The highest BCUT2D eigenvalue weighted by Gasteiger charge is 2.26. The molecule has 0 aliphatic carbocycles. The van der Waals surface area contributed by atoms with Gasteiger partial charge in [-0.25, -0.2) is 4.39 Å². The summed E-state index contributed by atoms with van der Waals surface area (Å²) in [7, 11) is 0. The molecular formula is C20H28FN3O3. The van der Waals surface area contributed by atoms with Crippen LogP contribution in [-0.4, -0.2) is 64.8 Å². The van der Waals surface area contributed by atoms with Crippen molar-refractivity contribution in [2.45, 2.75) is 45.1 Å². The highest BCUT2D eigenvalue weighted by molar-refractivity contribution is 5.80. The van der Waals surface area contributed by atoms with Crippen molar-refractivity contribution in [1.82, 2.24) is 15.0 Å². The molecule has 1 N–H and O–H groups in total. The molecule has 1 aliphatic rings. The molecule has 2 aromatic rings. The molecule has 0 radical (unpaired) electrons. The van der Waals surface area contributed by atoms with Gasteiger partial charge in [-0.3, -0.25) is 4.79 Å². The van der Waals surface area contributed by atoms with Gasteiger partial charge in [0, 0.05) is 42.9 Å². The predicted molar refractivity (Wildman–Crippen MR) is 101 cm³/mol. The van der Waals surface area contributed by atoms with Gasteiger partial charge in [0.25, 0.3) is 0 Å². The Bertz CT molecular complexity index is 769. The van der Waals surface area contributed by atoms with E-state index in [4.69, 9.17) is 9.63 Å². The first-order chi connectivity index (χ1) is 13.0. The Hall–Kier alpha value is -1.99. The molecule has 6 nitrogen and oxygen atoms in total. The summed E-state index contributed by atoms with van der Waals surface area (Å²) in [5.41, 5.74) is 1.42. The number of rotatable bonds is 7. The smallest absolute Gasteiger partial charge is 0.225 e. The average molecular weight is 377 g/mol. The third kappa shape index (κ3) is 4.65. The molecule has 3 rings (SSSR count). The Morgan fingerprint density at radius 3 is 2.81 bits per heavy atom. The van der Waals surface area contributed by atoms with Crippen molar-refractivity contribution in [1.29, 1.82) is 0 Å². The average Bonchev–Trinajstić information content (AvgIpc) is 3.05. The molecule has 7 heteroatoms. The normalized spacial score (nSPS) is 16.3. The van der Waals surface area contributed by atoms with Crippen molar-refractivity contribution in [2.75, 3.05) is 32.8 Å². The molecule has 1 fully saturated rings. The largest absolute Gasteiger partial charge is 0.396 e. The van der Waals surface area contributed by atoms with E-state index in [2.05, 4.69) is 10.1 Å². The fraction of sp³-hybridized carbons (Fsp3) is 0.600. The summed E-state index contributed by atoms with van der Waals surface area (Å²) in [5.74, 6) is -0.000611. The third-order valence-electron chi connectivity index (χ3n) is 5.36. The topological polar surface area (TPSA) is 69.8 Å². The number of piperidine rings is 1. The van der Waals surface area contributed by atoms with Crippen molar-refractivity contribution in [3.63, 3.8) is 0 Å². The SMILES string of the molecule is CC(C)N(CCN1CCC(c2noc3cc(F)ccc23)CC1)C(=O)CCO. The lowest BCUT2D eigenvalue weighted by Gasteiger charge is -2.34. The summed E-state index contributed by atoms with van der Waals surface area (Å²) in [6.45, 7) is 7.25. The highest BCUT2D eigenvalue weighted by Crippen LogP contribution is 2.32. The molecule has 2 heterocycles. The Labute approximate surface area is 158 Å². The lowest BCUT2D eigenvalue weighted by molar-refractivity contribution is -0.133. The Morgan fingerprint density at radius 2 is 2.15 bits per heavy atom. The van der Waals surface area contributed by atoms with Gasteiger partial charge in [0.2, 0.25) is 5.91 Å². The number of fused-ring (bicyclic) bond motifs is 1. The quantitative estimate of drug-likeness (QED) is 0.803. The predicted octanol–water partition coefficient (Wildman–Crippen LogP) is 2.77. The maximum absolute atomic E-state index is 13.3. The molecule has 0 spiro atoms. The second-order valence-electron chi connectivity index (χ2n) is 7.48. The molecule has 1 aliphatic heterocycles. The first-order valence-electron chi connectivity index (χ1n) is 9.67. The second-order valence-corrected chi connectivity index (χ2v) is 7.48. The van der Waals surface area contributed by atoms with Crippen LogP contribution in [0.4, 0.5) is 4.39 Å². The van der Waals surface area contributed by atoms with Crippen LogP contribution in [0.3, 0.4) is 0 Å². The molecule has 1 aromatic heterocycles. The van der Waals surface area contributed by atoms with Gasteiger partial charge >= 0.3 is 0 Å². The fourth-order valence-electron chi connectivity index (χ4n) is 3.81. The van der Waals surface area contributed by atoms with Gasteiger partial charge in [-0.05, 0) is 51.9 Å². The number of nitrogens with zero attached hydrogens (tertiary/aromatic N) is 3. The van der Waals surface area contributed by atoms with Crippen LogP contribution >= 0.6 is 0 Å². The Morgan fingerprint density at radius 1 is 1.41 bits per heavy atom. The van der Waals surface area contributed by atoms with Gasteiger partial charge in [0.05, 0.1) is 12.3 Å². The summed E-state index contributed by atoms with van der Waals surface area (Å²) >= 11 is 0. The number of hydrogen-bond donors (Lipinski definition) is 1. The third-order valence-corrected chi connectivity index (χ3v) is 5.36. The van der Waals surface area contributed by atoms with Crippen LogP contribution < -0.4 is 0 Å². The lowest BCUT2D eigenvalue weighted by Crippen LogP contribution is -2.44. The van der Waals surface area contributed by atoms with E-state index in [9.17, 15) is 9.18 Å². The van der Waals surface area contributed by atoms with Gasteiger partial charge < -0.3 is 19.4 Å². The maximum atomic E-state index is 13.3. The van der Waals surface area contributed by atoms with E-state index in [0.717, 1.165) is 43.6 Å². The first-order valence-corrected chi connectivity index (χ1v) is 9.67. The van der Waals surface area contributed by atoms with Crippen LogP contribution in [0.25, 0.3) is 11.0 Å². The standard InChI is InChI=1S/C20H28FN3O3/c1-14(2)24(19(26)7-12-25)11-10-23-8-5-15(6-9-23)20-17-4-3-16(21)13-18(17)27-22-20/h3-4,13-15,25H,5-12H2,1-2H3. The van der Waals surface area contributed by atoms with Crippen molar-refractivity contribution in [2.24, 2.45) is 0 Å². The Kier molecular flexibility index (Phi) is 6.44. The fourth-order valence-corrected chi connectivity index (χ4v) is 3.81. The van der Waals surface area contributed by atoms with Gasteiger partial charge in [-0.1, -0.05) is 5.16 Å². The molecule has 0 atom stereocenters. The molecule has 1 aromatic carbocycles. The van der Waals surface area contributed by atoms with Crippen LogP contribution in [-0.2, 0) is 4.79 Å². The first kappa shape index (κ1) is 19.8. The van der Waals surface area contributed by atoms with Crippen LogP contribution in [0.1, 0.15) is 44.7 Å². The summed E-state index contributed by atoms with van der Waals surface area (Å²) < 4.78 is 18.6. The zero-order valence-electron chi connectivity index (χ0n) is 16.0. The van der Waals surface area contributed by atoms with Gasteiger partial charge in [-0.2, -0.15) is 0 Å². The van der Waals surface area contributed by atoms with Crippen molar-refractivity contribution in [3.8, 4) is 0 Å². The van der Waals surface area contributed by atoms with Crippen molar-refractivity contribution >= 4 is 16.9 Å². The number of aromatic nitrogens is 1. The summed E-state index contributed by atoms with van der Waals surface area (Å²) in [4.78, 5) is 16.3. The number of aliphatic hydroxyl groups excluding tert-OH is 1. The monoisotopic (exact) mass is 377 g/mol. The lowest BCUT2D eigenvalue weighted by atomic mass is 9.91. The number of carbonyl (C=O) groups excluding carboxylic acids is 1. The van der Waals surface area contributed by atoms with Crippen LogP contribution in [0, 0.1) is 5.82 Å². The van der Waals surface area contributed by atoms with E-state index in [1.165, 1.54) is 12.1 Å². The van der Waals surface area contributed by atoms with E-state index in [1.807, 2.05) is 18.7 Å². The van der Waals surface area contributed by atoms with Gasteiger partial charge in [0.1, 0.15) is 5.82 Å². The molecule has 148 valence electrons. The van der Waals surface area contributed by atoms with E-state index in [1.54, 1.807) is 6.07 Å². The molecule has 0 saturated carbocycles. The number of benzene rings is 1. The maximum Gasteiger partial charge on any atom is 0.225 e. The number of halogens is 1. The zero-order valence-corrected chi connectivity index (χ0v) is 16.0. The number of hydrogen-bond acceptors (Lipinski definition) is 5. The van der Waals surface area contributed by atoms with Crippen LogP contribution in [0.2, 0.25) is 0 Å². The molecule has 0 bridgehead atoms. The van der Waals surface area contributed by atoms with Gasteiger partial charge in [0.15, 0.2) is 5.58 Å². The minimum Gasteiger partial charge on any atom is -0.396 e. The molecular weight excluding hydrogens is 349 g/mol. The highest BCUT2D eigenvalue weighted by atomic mass is 19.1. The number of likely N-dealkylation sites (tertiary alicyclic amines) is 1. The minimum absolute atomic E-state index is 0.00341. The van der Waals surface area contributed by atoms with E-state index < -0.39 is 0 Å². The number of carbonyl (C=O) groups is 1. The van der Waals surface area contributed by atoms with Crippen LogP contribution in [0.15, 0.2) is 22.7 Å². The number of amides is 1. The Balaban J connectivity index is 1.54.